The van der Waals surface area contributed by atoms with Crippen LogP contribution in [-0.2, 0) is 14.9 Å². The van der Waals surface area contributed by atoms with Crippen molar-refractivity contribution in [2.75, 3.05) is 18.9 Å². The van der Waals surface area contributed by atoms with Gasteiger partial charge in [0.25, 0.3) is 0 Å². The Morgan fingerprint density at radius 2 is 2.06 bits per heavy atom. The number of anilines is 1. The molecule has 1 fully saturated rings. The number of nitrogens with two attached hydrogens (primary N) is 1. The van der Waals surface area contributed by atoms with Crippen molar-refractivity contribution in [2.45, 2.75) is 18.3 Å². The van der Waals surface area contributed by atoms with Crippen molar-refractivity contribution in [1.82, 2.24) is 0 Å². The van der Waals surface area contributed by atoms with Gasteiger partial charge in [-0.15, -0.1) is 0 Å². The standard InChI is InChI=1S/C12H14BrNO3/c13-8-1-2-10(14)9(7-8)12(11(15)16)3-5-17-6-4-12/h1-2,7H,3-6,14H2,(H,15,16). The van der Waals surface area contributed by atoms with Gasteiger partial charge in [0.1, 0.15) is 0 Å². The van der Waals surface area contributed by atoms with Crippen LogP contribution in [0.1, 0.15) is 18.4 Å². The van der Waals surface area contributed by atoms with Crippen molar-refractivity contribution in [1.29, 1.82) is 0 Å². The minimum absolute atomic E-state index is 0.457. The Kier molecular flexibility index (Phi) is 3.40. The Morgan fingerprint density at radius 3 is 2.65 bits per heavy atom. The minimum Gasteiger partial charge on any atom is -0.481 e. The van der Waals surface area contributed by atoms with Crippen LogP contribution in [-0.4, -0.2) is 24.3 Å². The first-order valence-electron chi connectivity index (χ1n) is 5.43. The summed E-state index contributed by atoms with van der Waals surface area (Å²) in [4.78, 5) is 11.6. The lowest BCUT2D eigenvalue weighted by Crippen LogP contribution is -2.41. The molecular formula is C12H14BrNO3. The summed E-state index contributed by atoms with van der Waals surface area (Å²) in [7, 11) is 0. The summed E-state index contributed by atoms with van der Waals surface area (Å²) in [5.41, 5.74) is 6.22. The molecule has 1 aliphatic heterocycles. The minimum atomic E-state index is -0.911. The highest BCUT2D eigenvalue weighted by molar-refractivity contribution is 9.10. The molecule has 0 bridgehead atoms. The summed E-state index contributed by atoms with van der Waals surface area (Å²) in [5, 5.41) is 9.53. The number of benzene rings is 1. The van der Waals surface area contributed by atoms with Crippen LogP contribution in [0.25, 0.3) is 0 Å². The van der Waals surface area contributed by atoms with E-state index in [2.05, 4.69) is 15.9 Å². The van der Waals surface area contributed by atoms with Gasteiger partial charge in [-0.2, -0.15) is 0 Å². The molecule has 0 spiro atoms. The fraction of sp³-hybridized carbons (Fsp3) is 0.417. The number of ether oxygens (including phenoxy) is 1. The number of hydrogen-bond donors (Lipinski definition) is 2. The largest absolute Gasteiger partial charge is 0.481 e. The topological polar surface area (TPSA) is 72.6 Å². The Balaban J connectivity index is 2.52. The third-order valence-electron chi connectivity index (χ3n) is 3.29. The molecule has 1 aromatic rings. The Bertz CT molecular complexity index is 441. The number of carboxylic acid groups (broad SMARTS) is 1. The lowest BCUT2D eigenvalue weighted by Gasteiger charge is -2.34. The monoisotopic (exact) mass is 299 g/mol. The predicted octanol–water partition coefficient (Wildman–Crippen LogP) is 2.16. The number of carboxylic acids is 1. The number of rotatable bonds is 2. The normalized spacial score (nSPS) is 18.9. The van der Waals surface area contributed by atoms with Gasteiger partial charge in [0.2, 0.25) is 0 Å². The first kappa shape index (κ1) is 12.4. The molecule has 17 heavy (non-hydrogen) atoms. The zero-order chi connectivity index (χ0) is 12.5. The first-order valence-corrected chi connectivity index (χ1v) is 6.22. The van der Waals surface area contributed by atoms with Crippen LogP contribution in [0.15, 0.2) is 22.7 Å². The summed E-state index contributed by atoms with van der Waals surface area (Å²) in [6.45, 7) is 0.913. The van der Waals surface area contributed by atoms with Crippen molar-refractivity contribution in [3.05, 3.63) is 28.2 Å². The Labute approximate surface area is 108 Å². The van der Waals surface area contributed by atoms with E-state index in [4.69, 9.17) is 10.5 Å². The molecule has 2 rings (SSSR count). The molecule has 0 aromatic heterocycles. The molecule has 1 heterocycles. The molecular weight excluding hydrogens is 286 g/mol. The molecule has 1 saturated heterocycles. The van der Waals surface area contributed by atoms with Gasteiger partial charge < -0.3 is 15.6 Å². The fourth-order valence-electron chi connectivity index (χ4n) is 2.26. The molecule has 4 nitrogen and oxygen atoms in total. The van der Waals surface area contributed by atoms with E-state index in [1.54, 1.807) is 12.1 Å². The molecule has 1 aromatic carbocycles. The molecule has 92 valence electrons. The number of carbonyl (C=O) groups is 1. The number of hydrogen-bond acceptors (Lipinski definition) is 3. The molecule has 0 amide bonds. The quantitative estimate of drug-likeness (QED) is 0.821. The summed E-state index contributed by atoms with van der Waals surface area (Å²) in [5.74, 6) is -0.828. The van der Waals surface area contributed by atoms with Gasteiger partial charge in [0, 0.05) is 23.4 Å². The summed E-state index contributed by atoms with van der Waals surface area (Å²) in [6, 6.07) is 5.35. The van der Waals surface area contributed by atoms with E-state index < -0.39 is 11.4 Å². The van der Waals surface area contributed by atoms with E-state index in [1.165, 1.54) is 0 Å². The molecule has 0 radical (unpaired) electrons. The molecule has 0 atom stereocenters. The van der Waals surface area contributed by atoms with E-state index in [-0.39, 0.29) is 0 Å². The lowest BCUT2D eigenvalue weighted by molar-refractivity contribution is -0.147. The molecule has 3 N–H and O–H groups in total. The molecule has 5 heteroatoms. The molecule has 0 aliphatic carbocycles. The molecule has 0 saturated carbocycles. The summed E-state index contributed by atoms with van der Waals surface area (Å²) in [6.07, 6.45) is 0.923. The smallest absolute Gasteiger partial charge is 0.314 e. The van der Waals surface area contributed by atoms with Gasteiger partial charge in [0.05, 0.1) is 5.41 Å². The maximum absolute atomic E-state index is 11.6. The zero-order valence-corrected chi connectivity index (χ0v) is 10.9. The SMILES string of the molecule is Nc1ccc(Br)cc1C1(C(=O)O)CCOCC1. The lowest BCUT2D eigenvalue weighted by atomic mass is 9.73. The van der Waals surface area contributed by atoms with E-state index >= 15 is 0 Å². The van der Waals surface area contributed by atoms with E-state index in [0.29, 0.717) is 37.3 Å². The van der Waals surface area contributed by atoms with Crippen LogP contribution in [0.3, 0.4) is 0 Å². The first-order chi connectivity index (χ1) is 8.06. The maximum atomic E-state index is 11.6. The number of aliphatic carboxylic acids is 1. The second kappa shape index (κ2) is 4.66. The van der Waals surface area contributed by atoms with E-state index in [1.807, 2.05) is 6.07 Å². The third-order valence-corrected chi connectivity index (χ3v) is 3.78. The Hall–Kier alpha value is -1.07. The molecule has 0 unspecified atom stereocenters. The summed E-state index contributed by atoms with van der Waals surface area (Å²) < 4.78 is 6.09. The maximum Gasteiger partial charge on any atom is 0.314 e. The number of nitrogen functional groups attached to an aromatic ring is 1. The van der Waals surface area contributed by atoms with Crippen molar-refractivity contribution in [2.24, 2.45) is 0 Å². The van der Waals surface area contributed by atoms with E-state index in [0.717, 1.165) is 4.47 Å². The second-order valence-electron chi connectivity index (χ2n) is 4.23. The van der Waals surface area contributed by atoms with Crippen molar-refractivity contribution in [3.63, 3.8) is 0 Å². The third kappa shape index (κ3) is 2.17. The highest BCUT2D eigenvalue weighted by Gasteiger charge is 2.43. The predicted molar refractivity (Wildman–Crippen MR) is 67.9 cm³/mol. The van der Waals surface area contributed by atoms with Gasteiger partial charge in [-0.25, -0.2) is 0 Å². The second-order valence-corrected chi connectivity index (χ2v) is 5.15. The van der Waals surface area contributed by atoms with Gasteiger partial charge in [-0.3, -0.25) is 4.79 Å². The average Bonchev–Trinajstić information content (AvgIpc) is 2.33. The van der Waals surface area contributed by atoms with Crippen LogP contribution in [0.4, 0.5) is 5.69 Å². The molecule has 1 aliphatic rings. The highest BCUT2D eigenvalue weighted by atomic mass is 79.9. The van der Waals surface area contributed by atoms with Crippen molar-refractivity contribution >= 4 is 27.6 Å². The van der Waals surface area contributed by atoms with Crippen molar-refractivity contribution < 1.29 is 14.6 Å². The van der Waals surface area contributed by atoms with E-state index in [9.17, 15) is 9.90 Å². The fourth-order valence-corrected chi connectivity index (χ4v) is 2.62. The van der Waals surface area contributed by atoms with Crippen molar-refractivity contribution in [3.8, 4) is 0 Å². The van der Waals surface area contributed by atoms with Gasteiger partial charge in [0.15, 0.2) is 0 Å². The zero-order valence-electron chi connectivity index (χ0n) is 9.28. The number of halogens is 1. The highest BCUT2D eigenvalue weighted by Crippen LogP contribution is 2.39. The van der Waals surface area contributed by atoms with Gasteiger partial charge in [-0.1, -0.05) is 15.9 Å². The average molecular weight is 300 g/mol. The van der Waals surface area contributed by atoms with Crippen LogP contribution < -0.4 is 5.73 Å². The Morgan fingerprint density at radius 1 is 1.41 bits per heavy atom. The summed E-state index contributed by atoms with van der Waals surface area (Å²) >= 11 is 3.36. The van der Waals surface area contributed by atoms with Crippen LogP contribution in [0, 0.1) is 0 Å². The van der Waals surface area contributed by atoms with Gasteiger partial charge in [-0.05, 0) is 36.6 Å². The van der Waals surface area contributed by atoms with Crippen LogP contribution >= 0.6 is 15.9 Å². The van der Waals surface area contributed by atoms with Crippen LogP contribution in [0.5, 0.6) is 0 Å². The van der Waals surface area contributed by atoms with Crippen LogP contribution in [0.2, 0.25) is 0 Å². The van der Waals surface area contributed by atoms with Gasteiger partial charge >= 0.3 is 5.97 Å².